The minimum absolute atomic E-state index is 0.126. The van der Waals surface area contributed by atoms with Gasteiger partial charge in [-0.3, -0.25) is 9.63 Å². The van der Waals surface area contributed by atoms with Gasteiger partial charge in [0, 0.05) is 13.0 Å². The molecule has 0 radical (unpaired) electrons. The van der Waals surface area contributed by atoms with E-state index in [1.807, 2.05) is 18.2 Å². The predicted octanol–water partition coefficient (Wildman–Crippen LogP) is 2.56. The van der Waals surface area contributed by atoms with E-state index in [-0.39, 0.29) is 5.91 Å². The summed E-state index contributed by atoms with van der Waals surface area (Å²) in [4.78, 5) is 17.1. The molecule has 0 saturated carbocycles. The van der Waals surface area contributed by atoms with E-state index in [2.05, 4.69) is 12.1 Å². The molecule has 0 atom stereocenters. The van der Waals surface area contributed by atoms with Crippen LogP contribution in [0.2, 0.25) is 0 Å². The number of hydrogen-bond acceptors (Lipinski definition) is 2. The van der Waals surface area contributed by atoms with E-state index in [4.69, 9.17) is 4.84 Å². The van der Waals surface area contributed by atoms with Crippen molar-refractivity contribution in [3.8, 4) is 0 Å². The molecule has 0 aromatic heterocycles. The summed E-state index contributed by atoms with van der Waals surface area (Å²) in [7, 11) is 0. The standard InChI is InChI=1S/C14H19NO2/c16-14(15-11-4-5-12-17-15)10-6-9-13-7-2-1-3-8-13/h1-3,7-8H,4-6,9-12H2. The van der Waals surface area contributed by atoms with E-state index in [0.717, 1.165) is 32.2 Å². The lowest BCUT2D eigenvalue weighted by Gasteiger charge is -2.25. The molecule has 1 fully saturated rings. The molecule has 1 aromatic carbocycles. The molecule has 3 nitrogen and oxygen atoms in total. The average molecular weight is 233 g/mol. The fraction of sp³-hybridized carbons (Fsp3) is 0.500. The number of carbonyl (C=O) groups excluding carboxylic acids is 1. The maximum atomic E-state index is 11.8. The quantitative estimate of drug-likeness (QED) is 0.800. The molecule has 0 N–H and O–H groups in total. The zero-order valence-electron chi connectivity index (χ0n) is 10.1. The summed E-state index contributed by atoms with van der Waals surface area (Å²) < 4.78 is 0. The van der Waals surface area contributed by atoms with Crippen LogP contribution in [-0.4, -0.2) is 24.1 Å². The van der Waals surface area contributed by atoms with Gasteiger partial charge in [-0.15, -0.1) is 0 Å². The van der Waals surface area contributed by atoms with Crippen LogP contribution in [0.25, 0.3) is 0 Å². The number of hydrogen-bond donors (Lipinski definition) is 0. The number of hydroxylamine groups is 2. The van der Waals surface area contributed by atoms with Crippen molar-refractivity contribution in [2.75, 3.05) is 13.2 Å². The van der Waals surface area contributed by atoms with Gasteiger partial charge in [0.15, 0.2) is 0 Å². The smallest absolute Gasteiger partial charge is 0.246 e. The van der Waals surface area contributed by atoms with Crippen molar-refractivity contribution in [2.45, 2.75) is 32.1 Å². The van der Waals surface area contributed by atoms with E-state index in [9.17, 15) is 4.79 Å². The molecule has 92 valence electrons. The SMILES string of the molecule is O=C(CCCc1ccccc1)N1CCCCO1. The van der Waals surface area contributed by atoms with Gasteiger partial charge >= 0.3 is 0 Å². The number of benzene rings is 1. The Balaban J connectivity index is 1.69. The van der Waals surface area contributed by atoms with Crippen LogP contribution in [0, 0.1) is 0 Å². The second-order valence-corrected chi connectivity index (χ2v) is 4.38. The third-order valence-corrected chi connectivity index (χ3v) is 2.98. The summed E-state index contributed by atoms with van der Waals surface area (Å²) in [5.41, 5.74) is 1.29. The van der Waals surface area contributed by atoms with Gasteiger partial charge in [-0.05, 0) is 31.2 Å². The lowest BCUT2D eigenvalue weighted by atomic mass is 10.1. The zero-order valence-corrected chi connectivity index (χ0v) is 10.1. The number of carbonyl (C=O) groups is 1. The number of nitrogens with zero attached hydrogens (tertiary/aromatic N) is 1. The Kier molecular flexibility index (Phi) is 4.56. The number of aryl methyl sites for hydroxylation is 1. The maximum absolute atomic E-state index is 11.8. The Morgan fingerprint density at radius 2 is 2.06 bits per heavy atom. The monoisotopic (exact) mass is 233 g/mol. The van der Waals surface area contributed by atoms with Crippen LogP contribution in [0.1, 0.15) is 31.2 Å². The van der Waals surface area contributed by atoms with Crippen LogP contribution in [0.5, 0.6) is 0 Å². The van der Waals surface area contributed by atoms with Gasteiger partial charge in [0.25, 0.3) is 0 Å². The molecule has 3 heteroatoms. The summed E-state index contributed by atoms with van der Waals surface area (Å²) in [5.74, 6) is 0.126. The van der Waals surface area contributed by atoms with Gasteiger partial charge < -0.3 is 0 Å². The molecule has 1 aliphatic heterocycles. The van der Waals surface area contributed by atoms with Gasteiger partial charge in [0.05, 0.1) is 6.61 Å². The molecule has 1 saturated heterocycles. The third kappa shape index (κ3) is 3.86. The highest BCUT2D eigenvalue weighted by Gasteiger charge is 2.16. The topological polar surface area (TPSA) is 29.5 Å². The molecule has 1 aliphatic rings. The fourth-order valence-electron chi connectivity index (χ4n) is 2.01. The predicted molar refractivity (Wildman–Crippen MR) is 66.3 cm³/mol. The maximum Gasteiger partial charge on any atom is 0.246 e. The zero-order chi connectivity index (χ0) is 11.9. The van der Waals surface area contributed by atoms with Gasteiger partial charge in [0.2, 0.25) is 5.91 Å². The van der Waals surface area contributed by atoms with E-state index in [0.29, 0.717) is 13.0 Å². The highest BCUT2D eigenvalue weighted by Crippen LogP contribution is 2.10. The number of rotatable bonds is 4. The third-order valence-electron chi connectivity index (χ3n) is 2.98. The Morgan fingerprint density at radius 1 is 1.24 bits per heavy atom. The highest BCUT2D eigenvalue weighted by molar-refractivity contribution is 5.75. The van der Waals surface area contributed by atoms with Crippen molar-refractivity contribution in [1.29, 1.82) is 0 Å². The lowest BCUT2D eigenvalue weighted by molar-refractivity contribution is -0.197. The first kappa shape index (κ1) is 12.1. The Labute approximate surface area is 102 Å². The summed E-state index contributed by atoms with van der Waals surface area (Å²) >= 11 is 0. The van der Waals surface area contributed by atoms with Crippen LogP contribution >= 0.6 is 0 Å². The van der Waals surface area contributed by atoms with Crippen LogP contribution in [-0.2, 0) is 16.1 Å². The van der Waals surface area contributed by atoms with Crippen molar-refractivity contribution in [3.63, 3.8) is 0 Å². The Morgan fingerprint density at radius 3 is 2.76 bits per heavy atom. The fourth-order valence-corrected chi connectivity index (χ4v) is 2.01. The van der Waals surface area contributed by atoms with Gasteiger partial charge in [0.1, 0.15) is 0 Å². The largest absolute Gasteiger partial charge is 0.273 e. The van der Waals surface area contributed by atoms with Crippen LogP contribution in [0.3, 0.4) is 0 Å². The normalized spacial score (nSPS) is 15.9. The number of amides is 1. The van der Waals surface area contributed by atoms with E-state index >= 15 is 0 Å². The summed E-state index contributed by atoms with van der Waals surface area (Å²) in [6.45, 7) is 1.44. The molecule has 1 amide bonds. The van der Waals surface area contributed by atoms with E-state index in [1.54, 1.807) is 0 Å². The second kappa shape index (κ2) is 6.40. The molecular weight excluding hydrogens is 214 g/mol. The highest BCUT2D eigenvalue weighted by atomic mass is 16.7. The van der Waals surface area contributed by atoms with E-state index < -0.39 is 0 Å². The Hall–Kier alpha value is -1.35. The molecule has 17 heavy (non-hydrogen) atoms. The molecule has 0 spiro atoms. The molecular formula is C14H19NO2. The molecule has 0 aliphatic carbocycles. The lowest BCUT2D eigenvalue weighted by Crippen LogP contribution is -2.35. The Bertz CT molecular complexity index is 344. The molecule has 0 unspecified atom stereocenters. The van der Waals surface area contributed by atoms with Crippen molar-refractivity contribution >= 4 is 5.91 Å². The molecule has 1 heterocycles. The van der Waals surface area contributed by atoms with Crippen LogP contribution in [0.4, 0.5) is 0 Å². The second-order valence-electron chi connectivity index (χ2n) is 4.38. The van der Waals surface area contributed by atoms with Crippen molar-refractivity contribution in [3.05, 3.63) is 35.9 Å². The van der Waals surface area contributed by atoms with Crippen LogP contribution < -0.4 is 0 Å². The van der Waals surface area contributed by atoms with Crippen molar-refractivity contribution in [1.82, 2.24) is 5.06 Å². The van der Waals surface area contributed by atoms with Crippen molar-refractivity contribution < 1.29 is 9.63 Å². The summed E-state index contributed by atoms with van der Waals surface area (Å²) in [6, 6.07) is 10.3. The van der Waals surface area contributed by atoms with Crippen molar-refractivity contribution in [2.24, 2.45) is 0 Å². The average Bonchev–Trinajstić information content (AvgIpc) is 2.41. The molecule has 1 aromatic rings. The van der Waals surface area contributed by atoms with Gasteiger partial charge in [-0.1, -0.05) is 30.3 Å². The minimum Gasteiger partial charge on any atom is -0.273 e. The van der Waals surface area contributed by atoms with Gasteiger partial charge in [-0.2, -0.15) is 0 Å². The summed E-state index contributed by atoms with van der Waals surface area (Å²) in [5, 5.41) is 1.54. The first-order valence-corrected chi connectivity index (χ1v) is 6.33. The molecule has 2 rings (SSSR count). The molecule has 0 bridgehead atoms. The first-order valence-electron chi connectivity index (χ1n) is 6.33. The van der Waals surface area contributed by atoms with Crippen LogP contribution in [0.15, 0.2) is 30.3 Å². The van der Waals surface area contributed by atoms with Gasteiger partial charge in [-0.25, -0.2) is 5.06 Å². The minimum atomic E-state index is 0.126. The van der Waals surface area contributed by atoms with E-state index in [1.165, 1.54) is 10.6 Å². The first-order chi connectivity index (χ1) is 8.36. The summed E-state index contributed by atoms with van der Waals surface area (Å²) in [6.07, 6.45) is 4.55.